The fourth-order valence-electron chi connectivity index (χ4n) is 3.26. The first-order valence-electron chi connectivity index (χ1n) is 10.5. The average molecular weight is 434 g/mol. The van der Waals surface area contributed by atoms with Gasteiger partial charge in [-0.1, -0.05) is 13.8 Å². The van der Waals surface area contributed by atoms with Crippen LogP contribution in [0.15, 0.2) is 48.9 Å². The average Bonchev–Trinajstić information content (AvgIpc) is 3.39. The lowest BCUT2D eigenvalue weighted by Gasteiger charge is -2.10. The van der Waals surface area contributed by atoms with Gasteiger partial charge in [0.1, 0.15) is 12.1 Å². The van der Waals surface area contributed by atoms with Crippen molar-refractivity contribution in [1.82, 2.24) is 29.6 Å². The summed E-state index contributed by atoms with van der Waals surface area (Å²) in [6.45, 7) is 5.02. The maximum Gasteiger partial charge on any atom is 0.331 e. The highest BCUT2D eigenvalue weighted by Crippen LogP contribution is 2.26. The van der Waals surface area contributed by atoms with Gasteiger partial charge >= 0.3 is 6.03 Å². The van der Waals surface area contributed by atoms with E-state index in [4.69, 9.17) is 4.74 Å². The van der Waals surface area contributed by atoms with Crippen LogP contribution in [0.1, 0.15) is 31.2 Å². The number of anilines is 1. The van der Waals surface area contributed by atoms with Crippen LogP contribution < -0.4 is 10.1 Å². The molecule has 3 aromatic heterocycles. The Morgan fingerprint density at radius 2 is 2.03 bits per heavy atom. The fourth-order valence-corrected chi connectivity index (χ4v) is 3.26. The topological polar surface area (TPSA) is 101 Å². The second-order valence-corrected chi connectivity index (χ2v) is 8.20. The number of hydrogen-bond acceptors (Lipinski definition) is 6. The van der Waals surface area contributed by atoms with Gasteiger partial charge in [0.15, 0.2) is 5.82 Å². The van der Waals surface area contributed by atoms with Crippen LogP contribution in [0, 0.1) is 0 Å². The molecule has 9 heteroatoms. The first-order chi connectivity index (χ1) is 15.4. The second kappa shape index (κ2) is 9.19. The van der Waals surface area contributed by atoms with Crippen LogP contribution in [-0.2, 0) is 6.42 Å². The molecule has 0 radical (unpaired) electrons. The summed E-state index contributed by atoms with van der Waals surface area (Å²) in [5, 5.41) is 10.8. The molecule has 166 valence electrons. The van der Waals surface area contributed by atoms with E-state index in [0.29, 0.717) is 23.4 Å². The largest absolute Gasteiger partial charge is 0.439 e. The Morgan fingerprint density at radius 1 is 1.19 bits per heavy atom. The lowest BCUT2D eigenvalue weighted by molar-refractivity contribution is 0.254. The molecule has 0 spiro atoms. The molecule has 3 heterocycles. The lowest BCUT2D eigenvalue weighted by Crippen LogP contribution is -2.18. The van der Waals surface area contributed by atoms with Gasteiger partial charge in [-0.05, 0) is 44.3 Å². The summed E-state index contributed by atoms with van der Waals surface area (Å²) in [6, 6.07) is 10.8. The van der Waals surface area contributed by atoms with Crippen molar-refractivity contribution in [2.45, 2.75) is 26.2 Å². The van der Waals surface area contributed by atoms with Gasteiger partial charge in [-0.25, -0.2) is 14.8 Å². The van der Waals surface area contributed by atoms with Crippen molar-refractivity contribution in [3.8, 4) is 11.6 Å². The molecule has 0 saturated carbocycles. The number of benzene rings is 1. The Labute approximate surface area is 186 Å². The zero-order chi connectivity index (χ0) is 22.7. The first-order valence-corrected chi connectivity index (χ1v) is 10.5. The summed E-state index contributed by atoms with van der Waals surface area (Å²) >= 11 is 0. The van der Waals surface area contributed by atoms with E-state index in [9.17, 15) is 4.79 Å². The van der Waals surface area contributed by atoms with Crippen LogP contribution in [0.3, 0.4) is 0 Å². The normalized spacial score (nSPS) is 11.4. The minimum absolute atomic E-state index is 0.281. The molecule has 0 fully saturated rings. The Morgan fingerprint density at radius 3 is 2.78 bits per heavy atom. The number of rotatable bonds is 7. The predicted molar refractivity (Wildman–Crippen MR) is 123 cm³/mol. The van der Waals surface area contributed by atoms with Crippen LogP contribution in [0.4, 0.5) is 10.6 Å². The lowest BCUT2D eigenvalue weighted by atomic mass is 10.1. The summed E-state index contributed by atoms with van der Waals surface area (Å²) in [6.07, 6.45) is 4.06. The molecule has 0 saturated heterocycles. The third-order valence-corrected chi connectivity index (χ3v) is 5.07. The molecule has 0 aliphatic carbocycles. The summed E-state index contributed by atoms with van der Waals surface area (Å²) in [5.74, 6) is 1.93. The molecule has 0 aliphatic heterocycles. The van der Waals surface area contributed by atoms with Gasteiger partial charge in [0.25, 0.3) is 0 Å². The molecule has 0 bridgehead atoms. The molecule has 0 unspecified atom stereocenters. The number of fused-ring (bicyclic) bond motifs is 1. The number of carbonyl (C=O) groups excluding carboxylic acids is 1. The summed E-state index contributed by atoms with van der Waals surface area (Å²) in [4.78, 5) is 23.3. The maximum atomic E-state index is 12.7. The molecular formula is C23H27N7O2. The Bertz CT molecular complexity index is 1230. The molecule has 1 amide bonds. The van der Waals surface area contributed by atoms with E-state index in [-0.39, 0.29) is 6.03 Å². The molecule has 4 aromatic rings. The highest BCUT2D eigenvalue weighted by atomic mass is 16.5. The molecule has 2 N–H and O–H groups in total. The van der Waals surface area contributed by atoms with Gasteiger partial charge in [-0.2, -0.15) is 5.10 Å². The van der Waals surface area contributed by atoms with E-state index >= 15 is 0 Å². The van der Waals surface area contributed by atoms with Crippen LogP contribution in [0.2, 0.25) is 0 Å². The molecule has 4 rings (SSSR count). The van der Waals surface area contributed by atoms with Gasteiger partial charge in [0.05, 0.1) is 5.52 Å². The van der Waals surface area contributed by atoms with E-state index in [0.717, 1.165) is 35.3 Å². The first kappa shape index (κ1) is 21.5. The molecule has 0 atom stereocenters. The quantitative estimate of drug-likeness (QED) is 0.452. The number of ether oxygens (including phenoxy) is 1. The molecule has 1 aromatic carbocycles. The highest BCUT2D eigenvalue weighted by Gasteiger charge is 2.13. The van der Waals surface area contributed by atoms with Crippen molar-refractivity contribution in [3.05, 3.63) is 60.3 Å². The predicted octanol–water partition coefficient (Wildman–Crippen LogP) is 4.25. The summed E-state index contributed by atoms with van der Waals surface area (Å²) in [5.41, 5.74) is 2.66. The van der Waals surface area contributed by atoms with Crippen molar-refractivity contribution in [2.24, 2.45) is 0 Å². The number of H-pyrrole nitrogens is 1. The smallest absolute Gasteiger partial charge is 0.331 e. The second-order valence-electron chi connectivity index (χ2n) is 8.20. The van der Waals surface area contributed by atoms with E-state index in [1.807, 2.05) is 50.5 Å². The Kier molecular flexibility index (Phi) is 6.18. The van der Waals surface area contributed by atoms with Crippen LogP contribution in [0.25, 0.3) is 10.9 Å². The highest BCUT2D eigenvalue weighted by molar-refractivity contribution is 5.98. The van der Waals surface area contributed by atoms with E-state index in [2.05, 4.69) is 44.2 Å². The van der Waals surface area contributed by atoms with Crippen LogP contribution in [0.5, 0.6) is 11.6 Å². The zero-order valence-corrected chi connectivity index (χ0v) is 18.7. The number of carbonyl (C=O) groups is 1. The van der Waals surface area contributed by atoms with Crippen LogP contribution >= 0.6 is 0 Å². The van der Waals surface area contributed by atoms with Gasteiger partial charge in [-0.15, -0.1) is 0 Å². The molecule has 32 heavy (non-hydrogen) atoms. The monoisotopic (exact) mass is 433 g/mol. The summed E-state index contributed by atoms with van der Waals surface area (Å²) < 4.78 is 7.48. The molecule has 0 aliphatic rings. The van der Waals surface area contributed by atoms with E-state index in [1.165, 1.54) is 6.33 Å². The van der Waals surface area contributed by atoms with Gasteiger partial charge in [0.2, 0.25) is 5.88 Å². The van der Waals surface area contributed by atoms with Crippen molar-refractivity contribution >= 4 is 22.8 Å². The molecule has 9 nitrogen and oxygen atoms in total. The SMILES string of the molecule is CC(C)c1cc(NC(=O)n2ccc3cc(Oc4cc(CCN(C)C)ncn4)ccc32)n[nH]1. The zero-order valence-electron chi connectivity index (χ0n) is 18.7. The third-order valence-electron chi connectivity index (χ3n) is 5.07. The number of amides is 1. The van der Waals surface area contributed by atoms with Crippen molar-refractivity contribution < 1.29 is 9.53 Å². The third kappa shape index (κ3) is 4.94. The minimum atomic E-state index is -0.281. The van der Waals surface area contributed by atoms with Gasteiger partial charge in [-0.3, -0.25) is 15.0 Å². The molecular weight excluding hydrogens is 406 g/mol. The summed E-state index contributed by atoms with van der Waals surface area (Å²) in [7, 11) is 4.05. The minimum Gasteiger partial charge on any atom is -0.439 e. The number of nitrogens with one attached hydrogen (secondary N) is 2. The Hall–Kier alpha value is -3.72. The number of aromatic amines is 1. The number of aromatic nitrogens is 5. The maximum absolute atomic E-state index is 12.7. The van der Waals surface area contributed by atoms with E-state index in [1.54, 1.807) is 10.8 Å². The Balaban J connectivity index is 1.48. The number of likely N-dealkylation sites (N-methyl/N-ethyl adjacent to an activating group) is 1. The van der Waals surface area contributed by atoms with E-state index < -0.39 is 0 Å². The number of nitrogens with zero attached hydrogens (tertiary/aromatic N) is 5. The van der Waals surface area contributed by atoms with Gasteiger partial charge < -0.3 is 9.64 Å². The van der Waals surface area contributed by atoms with Crippen LogP contribution in [-0.4, -0.2) is 56.3 Å². The van der Waals surface area contributed by atoms with Crippen molar-refractivity contribution in [3.63, 3.8) is 0 Å². The van der Waals surface area contributed by atoms with Crippen molar-refractivity contribution in [1.29, 1.82) is 0 Å². The van der Waals surface area contributed by atoms with Crippen molar-refractivity contribution in [2.75, 3.05) is 26.0 Å². The number of hydrogen-bond donors (Lipinski definition) is 2. The fraction of sp³-hybridized carbons (Fsp3) is 0.304. The van der Waals surface area contributed by atoms with Gasteiger partial charge in [0, 0.05) is 48.1 Å². The standard InChI is InChI=1S/C23H27N7O2/c1-15(2)19-13-21(28-27-19)26-23(31)30-10-7-16-11-18(5-6-20(16)30)32-22-12-17(24-14-25-22)8-9-29(3)4/h5-7,10-15H,8-9H2,1-4H3,(H2,26,27,28,31).